The van der Waals surface area contributed by atoms with Crippen LogP contribution in [0.25, 0.3) is 0 Å². The summed E-state index contributed by atoms with van der Waals surface area (Å²) in [6, 6.07) is 16.3. The number of hydrogen-bond acceptors (Lipinski definition) is 6. The van der Waals surface area contributed by atoms with Crippen molar-refractivity contribution in [2.45, 2.75) is 86.2 Å². The van der Waals surface area contributed by atoms with Crippen molar-refractivity contribution in [3.8, 4) is 5.75 Å². The second kappa shape index (κ2) is 14.1. The normalized spacial score (nSPS) is 22.5. The maximum absolute atomic E-state index is 13.8. The van der Waals surface area contributed by atoms with Crippen molar-refractivity contribution in [3.63, 3.8) is 0 Å². The van der Waals surface area contributed by atoms with E-state index in [4.69, 9.17) is 53.8 Å². The van der Waals surface area contributed by atoms with Gasteiger partial charge in [0, 0.05) is 6.04 Å². The average Bonchev–Trinajstić information content (AvgIpc) is 3.52. The topological polar surface area (TPSA) is 86.3 Å². The summed E-state index contributed by atoms with van der Waals surface area (Å²) in [4.78, 5) is 28.3. The molecule has 1 spiro atoms. The van der Waals surface area contributed by atoms with E-state index in [0.29, 0.717) is 32.3 Å². The molecule has 0 unspecified atom stereocenters. The molecule has 11 heteroatoms. The minimum atomic E-state index is -2.18. The van der Waals surface area contributed by atoms with Crippen LogP contribution in [0, 0.1) is 0 Å². The number of nitrogens with one attached hydrogen (secondary N) is 1. The van der Waals surface area contributed by atoms with Crippen molar-refractivity contribution in [1.29, 1.82) is 0 Å². The fourth-order valence-corrected chi connectivity index (χ4v) is 6.07. The molecule has 2 aromatic rings. The Morgan fingerprint density at radius 1 is 1.07 bits per heavy atom. The van der Waals surface area contributed by atoms with Crippen molar-refractivity contribution >= 4 is 46.8 Å². The highest BCUT2D eigenvalue weighted by Crippen LogP contribution is 2.48. The molecule has 1 fully saturated rings. The lowest BCUT2D eigenvalue weighted by molar-refractivity contribution is -0.151. The number of benzene rings is 2. The highest BCUT2D eigenvalue weighted by atomic mass is 35.6. The zero-order valence-electron chi connectivity index (χ0n) is 24.9. The van der Waals surface area contributed by atoms with Gasteiger partial charge in [-0.3, -0.25) is 4.79 Å². The van der Waals surface area contributed by atoms with Gasteiger partial charge in [0.05, 0.1) is 31.4 Å². The Kier molecular flexibility index (Phi) is 10.9. The Labute approximate surface area is 268 Å². The van der Waals surface area contributed by atoms with Gasteiger partial charge in [-0.25, -0.2) is 4.79 Å². The standard InChI is InChI=1S/C32H39Cl3N2O6/c1-30(2,3)43-29(39)36-26(23-9-6-5-7-10-23)19-24-16-18-31(37(24)28(38)32(33,34)35)17-8-11-27(31)42-21-41-20-22-12-14-25(40-4)15-13-22/h5-10,12-15,17,24,26-27H,11,16,18-21H2,1-4H3,(H,36,39)/t24-,26+,27+,31-/m1/s1. The number of alkyl carbamates (subject to hydrolysis) is 1. The molecule has 0 bridgehead atoms. The molecule has 2 aromatic carbocycles. The first-order valence-corrected chi connectivity index (χ1v) is 15.4. The predicted molar refractivity (Wildman–Crippen MR) is 167 cm³/mol. The van der Waals surface area contributed by atoms with Gasteiger partial charge in [0.25, 0.3) is 9.70 Å². The molecule has 1 heterocycles. The Morgan fingerprint density at radius 2 is 1.77 bits per heavy atom. The van der Waals surface area contributed by atoms with Crippen LogP contribution < -0.4 is 10.1 Å². The smallest absolute Gasteiger partial charge is 0.408 e. The molecule has 4 rings (SSSR count). The van der Waals surface area contributed by atoms with Crippen LogP contribution in [0.3, 0.4) is 0 Å². The second-order valence-corrected chi connectivity index (χ2v) is 14.1. The predicted octanol–water partition coefficient (Wildman–Crippen LogP) is 7.27. The van der Waals surface area contributed by atoms with E-state index >= 15 is 0 Å². The number of likely N-dealkylation sites (tertiary alicyclic amines) is 1. The van der Waals surface area contributed by atoms with E-state index in [1.165, 1.54) is 0 Å². The van der Waals surface area contributed by atoms with E-state index in [2.05, 4.69) is 5.32 Å². The first kappa shape index (κ1) is 33.4. The summed E-state index contributed by atoms with van der Waals surface area (Å²) in [7, 11) is 1.62. The fraction of sp³-hybridized carbons (Fsp3) is 0.500. The maximum atomic E-state index is 13.8. The van der Waals surface area contributed by atoms with Gasteiger partial charge in [-0.2, -0.15) is 0 Å². The van der Waals surface area contributed by atoms with Crippen molar-refractivity contribution in [1.82, 2.24) is 10.2 Å². The van der Waals surface area contributed by atoms with Crippen LogP contribution in [0.2, 0.25) is 0 Å². The first-order chi connectivity index (χ1) is 20.3. The van der Waals surface area contributed by atoms with Gasteiger partial charge in [-0.15, -0.1) is 0 Å². The third-order valence-electron chi connectivity index (χ3n) is 7.65. The quantitative estimate of drug-likeness (QED) is 0.126. The fourth-order valence-electron chi connectivity index (χ4n) is 5.80. The Hall–Kier alpha value is -2.49. The molecule has 4 atom stereocenters. The molecule has 0 saturated carbocycles. The number of carbonyl (C=O) groups excluding carboxylic acids is 2. The van der Waals surface area contributed by atoms with E-state index in [1.807, 2.05) is 66.7 Å². The third kappa shape index (κ3) is 8.58. The number of ether oxygens (including phenoxy) is 4. The lowest BCUT2D eigenvalue weighted by atomic mass is 9.92. The van der Waals surface area contributed by atoms with Crippen molar-refractivity contribution < 1.29 is 28.5 Å². The zero-order chi connectivity index (χ0) is 31.3. The Morgan fingerprint density at radius 3 is 2.40 bits per heavy atom. The molecular formula is C32H39Cl3N2O6. The van der Waals surface area contributed by atoms with Crippen molar-refractivity contribution in [3.05, 3.63) is 77.9 Å². The van der Waals surface area contributed by atoms with Crippen molar-refractivity contribution in [2.75, 3.05) is 13.9 Å². The molecule has 0 radical (unpaired) electrons. The SMILES string of the molecule is COc1ccc(COCO[C@H]2CC=C[C@@]23CC[C@H](C[C@H](NC(=O)OC(C)(C)C)c2ccccc2)N3C(=O)C(Cl)(Cl)Cl)cc1. The first-order valence-electron chi connectivity index (χ1n) is 14.3. The highest BCUT2D eigenvalue weighted by molar-refractivity contribution is 6.76. The van der Waals surface area contributed by atoms with E-state index < -0.39 is 39.1 Å². The van der Waals surface area contributed by atoms with Crippen LogP contribution in [0.15, 0.2) is 66.7 Å². The van der Waals surface area contributed by atoms with E-state index in [0.717, 1.165) is 16.9 Å². The monoisotopic (exact) mass is 652 g/mol. The van der Waals surface area contributed by atoms with Crippen LogP contribution in [0.5, 0.6) is 5.75 Å². The average molecular weight is 654 g/mol. The minimum Gasteiger partial charge on any atom is -0.497 e. The number of alkyl halides is 3. The number of amides is 2. The highest BCUT2D eigenvalue weighted by Gasteiger charge is 2.57. The van der Waals surface area contributed by atoms with Gasteiger partial charge >= 0.3 is 6.09 Å². The van der Waals surface area contributed by atoms with Gasteiger partial charge in [0.15, 0.2) is 0 Å². The van der Waals surface area contributed by atoms with Crippen LogP contribution in [-0.4, -0.2) is 57.9 Å². The maximum Gasteiger partial charge on any atom is 0.408 e. The Balaban J connectivity index is 1.52. The summed E-state index contributed by atoms with van der Waals surface area (Å²) in [5.41, 5.74) is 0.344. The minimum absolute atomic E-state index is 0.0213. The molecule has 2 aliphatic rings. The summed E-state index contributed by atoms with van der Waals surface area (Å²) in [6.45, 7) is 5.79. The van der Waals surface area contributed by atoms with E-state index in [1.54, 1.807) is 32.8 Å². The van der Waals surface area contributed by atoms with E-state index in [-0.39, 0.29) is 12.8 Å². The van der Waals surface area contributed by atoms with Crippen LogP contribution in [0.1, 0.15) is 63.6 Å². The largest absolute Gasteiger partial charge is 0.497 e. The van der Waals surface area contributed by atoms with Gasteiger partial charge in [-0.1, -0.05) is 89.4 Å². The van der Waals surface area contributed by atoms with Gasteiger partial charge in [0.1, 0.15) is 18.1 Å². The number of halogens is 3. The van der Waals surface area contributed by atoms with Gasteiger partial charge in [0.2, 0.25) is 0 Å². The number of nitrogens with zero attached hydrogens (tertiary/aromatic N) is 1. The summed E-state index contributed by atoms with van der Waals surface area (Å²) in [5.74, 6) is 0.132. The molecule has 234 valence electrons. The molecule has 1 saturated heterocycles. The lowest BCUT2D eigenvalue weighted by Crippen LogP contribution is -2.58. The number of methoxy groups -OCH3 is 1. The number of rotatable bonds is 10. The summed E-state index contributed by atoms with van der Waals surface area (Å²) >= 11 is 18.6. The zero-order valence-corrected chi connectivity index (χ0v) is 27.1. The summed E-state index contributed by atoms with van der Waals surface area (Å²) in [5, 5.41) is 2.99. The lowest BCUT2D eigenvalue weighted by Gasteiger charge is -2.43. The van der Waals surface area contributed by atoms with Crippen LogP contribution >= 0.6 is 34.8 Å². The molecular weight excluding hydrogens is 615 g/mol. The molecule has 43 heavy (non-hydrogen) atoms. The summed E-state index contributed by atoms with van der Waals surface area (Å²) in [6.07, 6.45) is 5.17. The second-order valence-electron chi connectivity index (χ2n) is 11.8. The Bertz CT molecular complexity index is 1260. The van der Waals surface area contributed by atoms with Crippen molar-refractivity contribution in [2.24, 2.45) is 0 Å². The molecule has 8 nitrogen and oxygen atoms in total. The van der Waals surface area contributed by atoms with Gasteiger partial charge in [-0.05, 0) is 69.7 Å². The van der Waals surface area contributed by atoms with Crippen LogP contribution in [-0.2, 0) is 25.6 Å². The third-order valence-corrected chi connectivity index (χ3v) is 8.13. The van der Waals surface area contributed by atoms with Gasteiger partial charge < -0.3 is 29.2 Å². The molecule has 1 aliphatic carbocycles. The molecule has 0 aromatic heterocycles. The molecule has 1 N–H and O–H groups in total. The number of carbonyl (C=O) groups is 2. The number of hydrogen-bond donors (Lipinski definition) is 1. The molecule has 2 amide bonds. The molecule has 1 aliphatic heterocycles. The summed E-state index contributed by atoms with van der Waals surface area (Å²) < 4.78 is 20.6. The van der Waals surface area contributed by atoms with Crippen LogP contribution in [0.4, 0.5) is 4.79 Å². The van der Waals surface area contributed by atoms with E-state index in [9.17, 15) is 9.59 Å².